The fourth-order valence-electron chi connectivity index (χ4n) is 7.63. The van der Waals surface area contributed by atoms with Gasteiger partial charge >= 0.3 is 0 Å². The zero-order chi connectivity index (χ0) is 38.6. The van der Waals surface area contributed by atoms with Crippen molar-refractivity contribution >= 4 is 5.91 Å². The summed E-state index contributed by atoms with van der Waals surface area (Å²) in [4.78, 5) is 21.5. The molecule has 0 spiro atoms. The number of unbranched alkanes of at least 4 members (excludes halogenated alkanes) is 26. The van der Waals surface area contributed by atoms with Crippen LogP contribution in [-0.4, -0.2) is 66.8 Å². The first-order valence-electron chi connectivity index (χ1n) is 23.1. The summed E-state index contributed by atoms with van der Waals surface area (Å²) in [5, 5.41) is 2.99. The molecule has 0 aliphatic rings. The Labute approximate surface area is 334 Å². The number of aromatic nitrogens is 2. The fourth-order valence-corrected chi connectivity index (χ4v) is 7.63. The van der Waals surface area contributed by atoms with Gasteiger partial charge in [0.05, 0.1) is 50.3 Å². The summed E-state index contributed by atoms with van der Waals surface area (Å²) >= 11 is 0. The van der Waals surface area contributed by atoms with Crippen LogP contribution in [0, 0.1) is 0 Å². The first-order valence-corrected chi connectivity index (χ1v) is 23.1. The Morgan fingerprint density at radius 2 is 0.981 bits per heavy atom. The highest BCUT2D eigenvalue weighted by atomic mass is 16.5. The Balaban J connectivity index is 1.61. The van der Waals surface area contributed by atoms with E-state index in [0.717, 1.165) is 29.0 Å². The maximum Gasteiger partial charge on any atom is 0.252 e. The molecular weight excluding hydrogens is 665 g/mol. The van der Waals surface area contributed by atoms with Gasteiger partial charge < -0.3 is 14.5 Å². The second-order valence-corrected chi connectivity index (χ2v) is 16.5. The monoisotopic (exact) mass is 750 g/mol. The fraction of sp³-hybridized carbons (Fsp3) is 0.771. The molecule has 0 aliphatic carbocycles. The topological polar surface area (TPSA) is 64.1 Å². The molecule has 2 aromatic rings. The highest BCUT2D eigenvalue weighted by Gasteiger charge is 2.20. The minimum atomic E-state index is -0.116. The first kappa shape index (κ1) is 47.8. The zero-order valence-electron chi connectivity index (χ0n) is 35.7. The summed E-state index contributed by atoms with van der Waals surface area (Å²) in [6, 6.07) is 9.40. The van der Waals surface area contributed by atoms with Crippen LogP contribution in [0.5, 0.6) is 0 Å². The van der Waals surface area contributed by atoms with Gasteiger partial charge in [0.2, 0.25) is 0 Å². The van der Waals surface area contributed by atoms with Crippen LogP contribution in [0.1, 0.15) is 204 Å². The third-order valence-corrected chi connectivity index (χ3v) is 11.4. The number of pyridine rings is 2. The van der Waals surface area contributed by atoms with Crippen molar-refractivity contribution in [1.29, 1.82) is 0 Å². The van der Waals surface area contributed by atoms with E-state index in [1.54, 1.807) is 12.4 Å². The van der Waals surface area contributed by atoms with E-state index in [1.807, 2.05) is 30.3 Å². The van der Waals surface area contributed by atoms with Crippen molar-refractivity contribution < 1.29 is 14.0 Å². The van der Waals surface area contributed by atoms with E-state index in [9.17, 15) is 4.79 Å². The van der Waals surface area contributed by atoms with Crippen molar-refractivity contribution in [3.63, 3.8) is 0 Å². The standard InChI is InChI=1S/C48H84N4O2/c1-4-6-8-10-12-14-16-18-20-22-24-26-28-32-39-52(3,40-33-29-27-25-23-21-19-17-15-13-11-9-7-5-2)41-43-54-42-38-50-48(53)45-35-36-47(51-44-45)46-34-30-31-37-49-46/h30-31,34-37,44H,4-29,32-33,38-43H2,1-3H3/p+1. The first-order chi connectivity index (χ1) is 26.6. The smallest absolute Gasteiger partial charge is 0.252 e. The van der Waals surface area contributed by atoms with Crippen LogP contribution in [-0.2, 0) is 4.74 Å². The van der Waals surface area contributed by atoms with E-state index in [-0.39, 0.29) is 5.91 Å². The lowest BCUT2D eigenvalue weighted by Gasteiger charge is -2.35. The summed E-state index contributed by atoms with van der Waals surface area (Å²) in [6.45, 7) is 9.91. The van der Waals surface area contributed by atoms with Gasteiger partial charge in [-0.3, -0.25) is 14.8 Å². The summed E-state index contributed by atoms with van der Waals surface area (Å²) < 4.78 is 7.19. The van der Waals surface area contributed by atoms with Crippen LogP contribution in [0.25, 0.3) is 11.4 Å². The number of rotatable bonds is 38. The van der Waals surface area contributed by atoms with Gasteiger partial charge in [0, 0.05) is 18.9 Å². The van der Waals surface area contributed by atoms with Gasteiger partial charge in [0.25, 0.3) is 5.91 Å². The van der Waals surface area contributed by atoms with Crippen LogP contribution >= 0.6 is 0 Å². The normalized spacial score (nSPS) is 11.7. The van der Waals surface area contributed by atoms with Crippen LogP contribution in [0.4, 0.5) is 0 Å². The predicted octanol–water partition coefficient (Wildman–Crippen LogP) is 13.3. The van der Waals surface area contributed by atoms with Gasteiger partial charge in [-0.1, -0.05) is 174 Å². The minimum Gasteiger partial charge on any atom is -0.374 e. The molecule has 2 heterocycles. The van der Waals surface area contributed by atoms with Gasteiger partial charge in [-0.2, -0.15) is 0 Å². The van der Waals surface area contributed by atoms with Gasteiger partial charge in [0.1, 0.15) is 6.54 Å². The average molecular weight is 750 g/mol. The molecule has 2 rings (SSSR count). The summed E-state index contributed by atoms with van der Waals surface area (Å²) in [7, 11) is 2.46. The number of carbonyl (C=O) groups is 1. The molecule has 308 valence electrons. The number of hydrogen-bond acceptors (Lipinski definition) is 4. The molecule has 6 heteroatoms. The molecule has 6 nitrogen and oxygen atoms in total. The van der Waals surface area contributed by atoms with Crippen LogP contribution < -0.4 is 5.32 Å². The molecule has 0 bridgehead atoms. The molecule has 54 heavy (non-hydrogen) atoms. The molecule has 1 amide bonds. The van der Waals surface area contributed by atoms with Gasteiger partial charge in [-0.05, 0) is 49.9 Å². The Hall–Kier alpha value is -2.31. The second-order valence-electron chi connectivity index (χ2n) is 16.5. The molecule has 0 aliphatic heterocycles. The van der Waals surface area contributed by atoms with Crippen LogP contribution in [0.2, 0.25) is 0 Å². The largest absolute Gasteiger partial charge is 0.374 e. The molecule has 0 fully saturated rings. The van der Waals surface area contributed by atoms with E-state index in [4.69, 9.17) is 4.74 Å². The van der Waals surface area contributed by atoms with E-state index < -0.39 is 0 Å². The number of amides is 1. The molecule has 0 aromatic carbocycles. The Morgan fingerprint density at radius 3 is 1.39 bits per heavy atom. The molecule has 2 aromatic heterocycles. The lowest BCUT2D eigenvalue weighted by atomic mass is 10.0. The highest BCUT2D eigenvalue weighted by molar-refractivity contribution is 5.94. The number of hydrogen-bond donors (Lipinski definition) is 1. The van der Waals surface area contributed by atoms with Crippen molar-refractivity contribution in [3.8, 4) is 11.4 Å². The molecule has 0 saturated carbocycles. The van der Waals surface area contributed by atoms with Crippen molar-refractivity contribution in [2.45, 2.75) is 194 Å². The third kappa shape index (κ3) is 25.7. The number of quaternary nitrogens is 1. The van der Waals surface area contributed by atoms with Crippen molar-refractivity contribution in [2.75, 3.05) is 46.4 Å². The summed E-state index contributed by atoms with van der Waals surface area (Å²) in [5.41, 5.74) is 2.12. The van der Waals surface area contributed by atoms with E-state index >= 15 is 0 Å². The second kappa shape index (κ2) is 34.0. The summed E-state index contributed by atoms with van der Waals surface area (Å²) in [6.07, 6.45) is 42.7. The van der Waals surface area contributed by atoms with Gasteiger partial charge in [-0.25, -0.2) is 0 Å². The Bertz CT molecular complexity index is 1080. The van der Waals surface area contributed by atoms with Crippen molar-refractivity contribution in [1.82, 2.24) is 15.3 Å². The molecule has 0 radical (unpaired) electrons. The Morgan fingerprint density at radius 1 is 0.537 bits per heavy atom. The third-order valence-electron chi connectivity index (χ3n) is 11.4. The maximum atomic E-state index is 12.7. The molecule has 1 N–H and O–H groups in total. The van der Waals surface area contributed by atoms with Crippen molar-refractivity contribution in [3.05, 3.63) is 48.3 Å². The maximum absolute atomic E-state index is 12.7. The average Bonchev–Trinajstić information content (AvgIpc) is 3.20. The quantitative estimate of drug-likeness (QED) is 0.0548. The number of likely N-dealkylation sites (N-methyl/N-ethyl adjacent to an activating group) is 1. The molecule has 0 unspecified atom stereocenters. The summed E-state index contributed by atoms with van der Waals surface area (Å²) in [5.74, 6) is -0.116. The number of ether oxygens (including phenoxy) is 1. The van der Waals surface area contributed by atoms with E-state index in [1.165, 1.54) is 193 Å². The zero-order valence-corrected chi connectivity index (χ0v) is 35.7. The van der Waals surface area contributed by atoms with E-state index in [0.29, 0.717) is 18.7 Å². The molecular formula is C48H85N4O2+. The Kier molecular flexibility index (Phi) is 30.1. The van der Waals surface area contributed by atoms with E-state index in [2.05, 4.69) is 36.2 Å². The van der Waals surface area contributed by atoms with Gasteiger partial charge in [-0.15, -0.1) is 0 Å². The minimum absolute atomic E-state index is 0.116. The van der Waals surface area contributed by atoms with Gasteiger partial charge in [0.15, 0.2) is 0 Å². The highest BCUT2D eigenvalue weighted by Crippen LogP contribution is 2.17. The number of carbonyl (C=O) groups excluding carboxylic acids is 1. The lowest BCUT2D eigenvalue weighted by Crippen LogP contribution is -2.48. The predicted molar refractivity (Wildman–Crippen MR) is 232 cm³/mol. The number of nitrogens with zero attached hydrogens (tertiary/aromatic N) is 3. The van der Waals surface area contributed by atoms with Crippen molar-refractivity contribution in [2.24, 2.45) is 0 Å². The van der Waals surface area contributed by atoms with Crippen LogP contribution in [0.3, 0.4) is 0 Å². The lowest BCUT2D eigenvalue weighted by molar-refractivity contribution is -0.910. The SMILES string of the molecule is CCCCCCCCCCCCCCCC[N+](C)(CCCCCCCCCCCCCCCC)CCOCCNC(=O)c1ccc(-c2ccccn2)nc1. The molecule has 0 atom stereocenters. The molecule has 0 saturated heterocycles. The van der Waals surface area contributed by atoms with Crippen LogP contribution in [0.15, 0.2) is 42.7 Å². The number of nitrogens with one attached hydrogen (secondary N) is 1.